The number of halogens is 3. The third-order valence-electron chi connectivity index (χ3n) is 2.18. The third kappa shape index (κ3) is 2.36. The summed E-state index contributed by atoms with van der Waals surface area (Å²) in [7, 11) is 0. The van der Waals surface area contributed by atoms with Gasteiger partial charge in [-0.05, 0) is 24.7 Å². The zero-order valence-corrected chi connectivity index (χ0v) is 6.23. The first-order chi connectivity index (χ1) is 4.91. The molecule has 1 saturated carbocycles. The molecule has 1 rings (SSSR count). The topological polar surface area (TPSA) is 20.2 Å². The minimum Gasteiger partial charge on any atom is -0.384 e. The lowest BCUT2D eigenvalue weighted by atomic mass is 10.1. The summed E-state index contributed by atoms with van der Waals surface area (Å²) in [5.41, 5.74) is 0. The summed E-state index contributed by atoms with van der Waals surface area (Å²) in [6.45, 7) is 1.90. The van der Waals surface area contributed by atoms with Crippen LogP contribution in [0, 0.1) is 11.8 Å². The first-order valence-electron chi connectivity index (χ1n) is 3.66. The molecule has 4 heteroatoms. The van der Waals surface area contributed by atoms with E-state index in [9.17, 15) is 13.2 Å². The molecule has 0 amide bonds. The van der Waals surface area contributed by atoms with E-state index in [2.05, 4.69) is 0 Å². The molecule has 0 spiro atoms. The van der Waals surface area contributed by atoms with E-state index in [1.165, 1.54) is 0 Å². The van der Waals surface area contributed by atoms with Crippen molar-refractivity contribution in [3.8, 4) is 0 Å². The molecule has 0 aromatic carbocycles. The van der Waals surface area contributed by atoms with Crippen LogP contribution in [0.3, 0.4) is 0 Å². The summed E-state index contributed by atoms with van der Waals surface area (Å²) in [6, 6.07) is 0. The number of hydrogen-bond acceptors (Lipinski definition) is 1. The van der Waals surface area contributed by atoms with Crippen LogP contribution in [0.15, 0.2) is 0 Å². The van der Waals surface area contributed by atoms with Crippen LogP contribution >= 0.6 is 0 Å². The maximum Gasteiger partial charge on any atom is 0.414 e. The Labute approximate surface area is 63.2 Å². The van der Waals surface area contributed by atoms with Gasteiger partial charge in [0.05, 0.1) is 0 Å². The van der Waals surface area contributed by atoms with Gasteiger partial charge in [0.15, 0.2) is 0 Å². The van der Waals surface area contributed by atoms with Crippen LogP contribution in [0.1, 0.15) is 19.8 Å². The van der Waals surface area contributed by atoms with Crippen molar-refractivity contribution in [1.29, 1.82) is 0 Å². The van der Waals surface area contributed by atoms with E-state index in [-0.39, 0.29) is 12.3 Å². The number of alkyl halides is 3. The van der Waals surface area contributed by atoms with Gasteiger partial charge in [-0.1, -0.05) is 6.92 Å². The molecular formula is C7H11F3O. The Bertz CT molecular complexity index is 143. The zero-order valence-electron chi connectivity index (χ0n) is 6.23. The van der Waals surface area contributed by atoms with E-state index in [4.69, 9.17) is 5.11 Å². The predicted molar refractivity (Wildman–Crippen MR) is 33.9 cm³/mol. The van der Waals surface area contributed by atoms with Crippen molar-refractivity contribution in [3.63, 3.8) is 0 Å². The average Bonchev–Trinajstić information content (AvgIpc) is 2.44. The van der Waals surface area contributed by atoms with E-state index in [0.29, 0.717) is 5.92 Å². The lowest BCUT2D eigenvalue weighted by molar-refractivity contribution is -0.206. The molecule has 0 saturated heterocycles. The van der Waals surface area contributed by atoms with Crippen molar-refractivity contribution in [2.75, 3.05) is 0 Å². The highest BCUT2D eigenvalue weighted by Gasteiger charge is 2.44. The minimum absolute atomic E-state index is 0.0895. The van der Waals surface area contributed by atoms with Crippen molar-refractivity contribution in [2.24, 2.45) is 11.8 Å². The zero-order chi connectivity index (χ0) is 8.65. The maximum absolute atomic E-state index is 11.7. The number of rotatable bonds is 2. The van der Waals surface area contributed by atoms with Crippen LogP contribution in [-0.4, -0.2) is 17.4 Å². The van der Waals surface area contributed by atoms with Gasteiger partial charge in [0.2, 0.25) is 0 Å². The third-order valence-corrected chi connectivity index (χ3v) is 2.18. The lowest BCUT2D eigenvalue weighted by Gasteiger charge is -2.13. The highest BCUT2D eigenvalue weighted by Crippen LogP contribution is 2.43. The van der Waals surface area contributed by atoms with Crippen LogP contribution in [0.2, 0.25) is 0 Å². The van der Waals surface area contributed by atoms with Gasteiger partial charge in [0.25, 0.3) is 0 Å². The van der Waals surface area contributed by atoms with Crippen LogP contribution in [0.5, 0.6) is 0 Å². The van der Waals surface area contributed by atoms with Crippen molar-refractivity contribution in [3.05, 3.63) is 0 Å². The quantitative estimate of drug-likeness (QED) is 0.668. The van der Waals surface area contributed by atoms with E-state index in [0.717, 1.165) is 6.42 Å². The highest BCUT2D eigenvalue weighted by atomic mass is 19.4. The van der Waals surface area contributed by atoms with Gasteiger partial charge in [0, 0.05) is 0 Å². The molecule has 0 aromatic heterocycles. The summed E-state index contributed by atoms with van der Waals surface area (Å²) in [5.74, 6) is 0.457. The largest absolute Gasteiger partial charge is 0.414 e. The molecule has 1 N–H and O–H groups in total. The molecule has 3 atom stereocenters. The Morgan fingerprint density at radius 3 is 2.27 bits per heavy atom. The van der Waals surface area contributed by atoms with Crippen LogP contribution in [0.25, 0.3) is 0 Å². The van der Waals surface area contributed by atoms with Gasteiger partial charge >= 0.3 is 6.18 Å². The SMILES string of the molecule is CC1CC1CC(O)C(F)(F)F. The molecule has 3 unspecified atom stereocenters. The fourth-order valence-electron chi connectivity index (χ4n) is 1.15. The average molecular weight is 168 g/mol. The molecule has 0 aliphatic heterocycles. The van der Waals surface area contributed by atoms with Crippen molar-refractivity contribution < 1.29 is 18.3 Å². The van der Waals surface area contributed by atoms with E-state index < -0.39 is 12.3 Å². The normalized spacial score (nSPS) is 33.5. The van der Waals surface area contributed by atoms with Crippen molar-refractivity contribution >= 4 is 0 Å². The summed E-state index contributed by atoms with van der Waals surface area (Å²) in [6.07, 6.45) is -5.84. The van der Waals surface area contributed by atoms with Crippen molar-refractivity contribution in [1.82, 2.24) is 0 Å². The van der Waals surface area contributed by atoms with Crippen LogP contribution < -0.4 is 0 Å². The highest BCUT2D eigenvalue weighted by molar-refractivity contribution is 4.85. The van der Waals surface area contributed by atoms with Crippen molar-refractivity contribution in [2.45, 2.75) is 32.0 Å². The van der Waals surface area contributed by atoms with Crippen LogP contribution in [-0.2, 0) is 0 Å². The molecule has 1 aliphatic carbocycles. The number of aliphatic hydroxyl groups is 1. The molecule has 0 heterocycles. The van der Waals surface area contributed by atoms with E-state index in [1.54, 1.807) is 0 Å². The first kappa shape index (κ1) is 8.84. The van der Waals surface area contributed by atoms with Gasteiger partial charge in [0.1, 0.15) is 6.10 Å². The number of aliphatic hydroxyl groups excluding tert-OH is 1. The smallest absolute Gasteiger partial charge is 0.384 e. The molecule has 1 nitrogen and oxygen atoms in total. The van der Waals surface area contributed by atoms with Gasteiger partial charge in [-0.25, -0.2) is 0 Å². The van der Waals surface area contributed by atoms with Gasteiger partial charge in [-0.3, -0.25) is 0 Å². The van der Waals surface area contributed by atoms with Crippen LogP contribution in [0.4, 0.5) is 13.2 Å². The minimum atomic E-state index is -4.43. The fourth-order valence-corrected chi connectivity index (χ4v) is 1.15. The molecule has 66 valence electrons. The second-order valence-electron chi connectivity index (χ2n) is 3.27. The molecule has 0 bridgehead atoms. The molecular weight excluding hydrogens is 157 g/mol. The first-order valence-corrected chi connectivity index (χ1v) is 3.66. The van der Waals surface area contributed by atoms with Gasteiger partial charge in [-0.2, -0.15) is 13.2 Å². The molecule has 11 heavy (non-hydrogen) atoms. The van der Waals surface area contributed by atoms with Gasteiger partial charge in [-0.15, -0.1) is 0 Å². The summed E-state index contributed by atoms with van der Waals surface area (Å²) in [5, 5.41) is 8.59. The monoisotopic (exact) mass is 168 g/mol. The van der Waals surface area contributed by atoms with E-state index >= 15 is 0 Å². The molecule has 0 radical (unpaired) electrons. The Morgan fingerprint density at radius 1 is 1.55 bits per heavy atom. The fraction of sp³-hybridized carbons (Fsp3) is 1.00. The number of hydrogen-bond donors (Lipinski definition) is 1. The second-order valence-corrected chi connectivity index (χ2v) is 3.27. The predicted octanol–water partition coefficient (Wildman–Crippen LogP) is 1.96. The standard InChI is InChI=1S/C7H11F3O/c1-4-2-5(4)3-6(11)7(8,9)10/h4-6,11H,2-3H2,1H3. The second kappa shape index (κ2) is 2.66. The molecule has 1 aliphatic rings. The molecule has 1 fully saturated rings. The maximum atomic E-state index is 11.7. The van der Waals surface area contributed by atoms with E-state index in [1.807, 2.05) is 6.92 Å². The summed E-state index contributed by atoms with van der Waals surface area (Å²) >= 11 is 0. The summed E-state index contributed by atoms with van der Waals surface area (Å²) < 4.78 is 35.1. The Morgan fingerprint density at radius 2 is 2.00 bits per heavy atom. The van der Waals surface area contributed by atoms with Gasteiger partial charge < -0.3 is 5.11 Å². The Balaban J connectivity index is 2.26. The Kier molecular flexibility index (Phi) is 2.14. The molecule has 0 aromatic rings. The lowest BCUT2D eigenvalue weighted by Crippen LogP contribution is -2.28. The summed E-state index contributed by atoms with van der Waals surface area (Å²) in [4.78, 5) is 0. The Hall–Kier alpha value is -0.250.